The van der Waals surface area contributed by atoms with Gasteiger partial charge in [-0.25, -0.2) is 13.6 Å². The van der Waals surface area contributed by atoms with Crippen LogP contribution in [0.2, 0.25) is 0 Å². The molecule has 2 N–H and O–H groups in total. The van der Waals surface area contributed by atoms with E-state index in [-0.39, 0.29) is 12.2 Å². The fourth-order valence-corrected chi connectivity index (χ4v) is 1.99. The highest BCUT2D eigenvalue weighted by Crippen LogP contribution is 2.15. The van der Waals surface area contributed by atoms with E-state index in [4.69, 9.17) is 10.5 Å². The topological polar surface area (TPSA) is 57.2 Å². The van der Waals surface area contributed by atoms with Crippen molar-refractivity contribution in [3.63, 3.8) is 0 Å². The minimum absolute atomic E-state index is 0.117. The monoisotopic (exact) mass is 294 g/mol. The van der Waals surface area contributed by atoms with E-state index in [1.807, 2.05) is 6.92 Å². The van der Waals surface area contributed by atoms with Gasteiger partial charge < -0.3 is 15.0 Å². The first-order valence-electron chi connectivity index (χ1n) is 6.58. The van der Waals surface area contributed by atoms with Gasteiger partial charge in [0.25, 0.3) is 0 Å². The molecule has 0 atom stereocenters. The SMILES string of the molecule is CCCn1cc(N)cc1C(=O)OCc1ccc(F)cc1F. The third-order valence-corrected chi connectivity index (χ3v) is 2.97. The summed E-state index contributed by atoms with van der Waals surface area (Å²) in [4.78, 5) is 12.0. The van der Waals surface area contributed by atoms with E-state index in [0.29, 0.717) is 17.9 Å². The maximum absolute atomic E-state index is 13.5. The Morgan fingerprint density at radius 3 is 2.76 bits per heavy atom. The molecular weight excluding hydrogens is 278 g/mol. The third-order valence-electron chi connectivity index (χ3n) is 2.97. The normalized spacial score (nSPS) is 10.6. The van der Waals surface area contributed by atoms with Gasteiger partial charge in [0.2, 0.25) is 0 Å². The molecule has 0 aliphatic heterocycles. The molecule has 4 nitrogen and oxygen atoms in total. The minimum Gasteiger partial charge on any atom is -0.456 e. The molecule has 0 aliphatic rings. The van der Waals surface area contributed by atoms with Crippen molar-refractivity contribution in [3.8, 4) is 0 Å². The van der Waals surface area contributed by atoms with Gasteiger partial charge in [-0.15, -0.1) is 0 Å². The summed E-state index contributed by atoms with van der Waals surface area (Å²) in [7, 11) is 0. The average Bonchev–Trinajstić information content (AvgIpc) is 2.79. The fourth-order valence-electron chi connectivity index (χ4n) is 1.99. The van der Waals surface area contributed by atoms with Crippen molar-refractivity contribution in [2.24, 2.45) is 0 Å². The number of carbonyl (C=O) groups excluding carboxylic acids is 1. The van der Waals surface area contributed by atoms with Crippen LogP contribution in [0.25, 0.3) is 0 Å². The number of nitrogen functional groups attached to an aromatic ring is 1. The van der Waals surface area contributed by atoms with Gasteiger partial charge in [0.1, 0.15) is 23.9 Å². The molecule has 21 heavy (non-hydrogen) atoms. The van der Waals surface area contributed by atoms with Crippen LogP contribution in [0.4, 0.5) is 14.5 Å². The van der Waals surface area contributed by atoms with E-state index >= 15 is 0 Å². The molecule has 2 rings (SSSR count). The van der Waals surface area contributed by atoms with E-state index < -0.39 is 17.6 Å². The van der Waals surface area contributed by atoms with Crippen LogP contribution in [0.5, 0.6) is 0 Å². The molecule has 0 aliphatic carbocycles. The van der Waals surface area contributed by atoms with Crippen molar-refractivity contribution in [1.29, 1.82) is 0 Å². The maximum atomic E-state index is 13.5. The highest BCUT2D eigenvalue weighted by atomic mass is 19.1. The van der Waals surface area contributed by atoms with E-state index in [0.717, 1.165) is 18.6 Å². The van der Waals surface area contributed by atoms with Crippen LogP contribution in [0.3, 0.4) is 0 Å². The number of benzene rings is 1. The number of anilines is 1. The van der Waals surface area contributed by atoms with Gasteiger partial charge >= 0.3 is 5.97 Å². The van der Waals surface area contributed by atoms with Gasteiger partial charge in [-0.2, -0.15) is 0 Å². The molecule has 0 amide bonds. The van der Waals surface area contributed by atoms with E-state index in [9.17, 15) is 13.6 Å². The van der Waals surface area contributed by atoms with Gasteiger partial charge in [-0.05, 0) is 24.6 Å². The molecule has 1 heterocycles. The second-order valence-corrected chi connectivity index (χ2v) is 4.66. The Morgan fingerprint density at radius 1 is 1.33 bits per heavy atom. The first-order valence-corrected chi connectivity index (χ1v) is 6.58. The van der Waals surface area contributed by atoms with Gasteiger partial charge in [-0.3, -0.25) is 0 Å². The summed E-state index contributed by atoms with van der Waals surface area (Å²) in [6.07, 6.45) is 2.49. The number of aryl methyl sites for hydroxylation is 1. The summed E-state index contributed by atoms with van der Waals surface area (Å²) in [6.45, 7) is 2.34. The van der Waals surface area contributed by atoms with E-state index in [1.165, 1.54) is 12.1 Å². The van der Waals surface area contributed by atoms with Crippen LogP contribution < -0.4 is 5.73 Å². The molecule has 0 bridgehead atoms. The Kier molecular flexibility index (Phi) is 4.57. The molecule has 1 aromatic carbocycles. The summed E-state index contributed by atoms with van der Waals surface area (Å²) in [5.74, 6) is -2.01. The first kappa shape index (κ1) is 15.0. The lowest BCUT2D eigenvalue weighted by atomic mass is 10.2. The quantitative estimate of drug-likeness (QED) is 0.862. The molecular formula is C15H16F2N2O2. The predicted octanol–water partition coefficient (Wildman–Crippen LogP) is 3.12. The highest BCUT2D eigenvalue weighted by molar-refractivity contribution is 5.89. The number of aromatic nitrogens is 1. The summed E-state index contributed by atoms with van der Waals surface area (Å²) >= 11 is 0. The number of carbonyl (C=O) groups is 1. The van der Waals surface area contributed by atoms with Crippen LogP contribution in [0.1, 0.15) is 29.4 Å². The van der Waals surface area contributed by atoms with Gasteiger partial charge in [0.05, 0.1) is 5.69 Å². The second-order valence-electron chi connectivity index (χ2n) is 4.66. The number of nitrogens with zero attached hydrogens (tertiary/aromatic N) is 1. The van der Waals surface area contributed by atoms with E-state index in [1.54, 1.807) is 10.8 Å². The van der Waals surface area contributed by atoms with Crippen molar-refractivity contribution in [2.75, 3.05) is 5.73 Å². The largest absolute Gasteiger partial charge is 0.456 e. The van der Waals surface area contributed by atoms with Crippen LogP contribution in [0.15, 0.2) is 30.5 Å². The number of nitrogens with two attached hydrogens (primary N) is 1. The van der Waals surface area contributed by atoms with Crippen molar-refractivity contribution < 1.29 is 18.3 Å². The van der Waals surface area contributed by atoms with Crippen molar-refractivity contribution in [1.82, 2.24) is 4.57 Å². The van der Waals surface area contributed by atoms with Crippen LogP contribution >= 0.6 is 0 Å². The number of hydrogen-bond acceptors (Lipinski definition) is 3. The maximum Gasteiger partial charge on any atom is 0.355 e. The van der Waals surface area contributed by atoms with Gasteiger partial charge in [0.15, 0.2) is 0 Å². The average molecular weight is 294 g/mol. The highest BCUT2D eigenvalue weighted by Gasteiger charge is 2.15. The fraction of sp³-hybridized carbons (Fsp3) is 0.267. The number of rotatable bonds is 5. The summed E-state index contributed by atoms with van der Waals surface area (Å²) in [5, 5.41) is 0. The lowest BCUT2D eigenvalue weighted by molar-refractivity contribution is 0.0456. The zero-order chi connectivity index (χ0) is 15.4. The van der Waals surface area contributed by atoms with Crippen molar-refractivity contribution >= 4 is 11.7 Å². The Balaban J connectivity index is 2.08. The zero-order valence-corrected chi connectivity index (χ0v) is 11.6. The minimum atomic E-state index is -0.744. The molecule has 6 heteroatoms. The molecule has 0 spiro atoms. The molecule has 0 fully saturated rings. The lowest BCUT2D eigenvalue weighted by Gasteiger charge is -2.08. The van der Waals surface area contributed by atoms with Crippen LogP contribution in [-0.4, -0.2) is 10.5 Å². The van der Waals surface area contributed by atoms with Gasteiger partial charge in [-0.1, -0.05) is 6.92 Å². The molecule has 0 unspecified atom stereocenters. The van der Waals surface area contributed by atoms with E-state index in [2.05, 4.69) is 0 Å². The Labute approximate surface area is 121 Å². The standard InChI is InChI=1S/C15H16F2N2O2/c1-2-5-19-8-12(18)7-14(19)15(20)21-9-10-3-4-11(16)6-13(10)17/h3-4,6-8H,2,5,9,18H2,1H3. The predicted molar refractivity (Wildman–Crippen MR) is 74.6 cm³/mol. The molecule has 2 aromatic rings. The third kappa shape index (κ3) is 3.59. The number of ether oxygens (including phenoxy) is 1. The Hall–Kier alpha value is -2.37. The lowest BCUT2D eigenvalue weighted by Crippen LogP contribution is -2.12. The number of hydrogen-bond donors (Lipinski definition) is 1. The zero-order valence-electron chi connectivity index (χ0n) is 11.6. The molecule has 112 valence electrons. The summed E-state index contributed by atoms with van der Waals surface area (Å²) in [5.41, 5.74) is 6.56. The summed E-state index contributed by atoms with van der Waals surface area (Å²) in [6, 6.07) is 4.63. The number of halogens is 2. The molecule has 0 radical (unpaired) electrons. The first-order chi connectivity index (χ1) is 10.0. The number of esters is 1. The van der Waals surface area contributed by atoms with Crippen molar-refractivity contribution in [3.05, 3.63) is 53.4 Å². The van der Waals surface area contributed by atoms with Crippen molar-refractivity contribution in [2.45, 2.75) is 26.5 Å². The Morgan fingerprint density at radius 2 is 2.10 bits per heavy atom. The molecule has 0 saturated heterocycles. The molecule has 0 saturated carbocycles. The van der Waals surface area contributed by atoms with Crippen LogP contribution in [0, 0.1) is 11.6 Å². The van der Waals surface area contributed by atoms with Crippen LogP contribution in [-0.2, 0) is 17.9 Å². The van der Waals surface area contributed by atoms with Gasteiger partial charge in [0, 0.05) is 24.4 Å². The smallest absolute Gasteiger partial charge is 0.355 e. The second kappa shape index (κ2) is 6.39. The molecule has 1 aromatic heterocycles. The summed E-state index contributed by atoms with van der Waals surface area (Å²) < 4.78 is 33.0. The Bertz CT molecular complexity index is 653.